The van der Waals surface area contributed by atoms with Gasteiger partial charge in [-0.25, -0.2) is 14.2 Å². The van der Waals surface area contributed by atoms with E-state index >= 15 is 0 Å². The van der Waals surface area contributed by atoms with Crippen LogP contribution in [0.4, 0.5) is 15.0 Å². The van der Waals surface area contributed by atoms with Gasteiger partial charge in [0.15, 0.2) is 0 Å². The molecule has 2 fully saturated rings. The molecular formula is C19H22FN3O2. The van der Waals surface area contributed by atoms with Crippen molar-refractivity contribution in [1.29, 1.82) is 0 Å². The van der Waals surface area contributed by atoms with E-state index in [2.05, 4.69) is 15.2 Å². The molecule has 6 heteroatoms. The van der Waals surface area contributed by atoms with Gasteiger partial charge in [0.25, 0.3) is 0 Å². The van der Waals surface area contributed by atoms with Gasteiger partial charge in [-0.05, 0) is 61.4 Å². The topological polar surface area (TPSA) is 54.5 Å². The van der Waals surface area contributed by atoms with Crippen molar-refractivity contribution in [2.24, 2.45) is 5.41 Å². The molecule has 1 aromatic heterocycles. The maximum atomic E-state index is 13.3. The molecule has 1 N–H and O–H groups in total. The van der Waals surface area contributed by atoms with Gasteiger partial charge in [-0.15, -0.1) is 0 Å². The van der Waals surface area contributed by atoms with Crippen LogP contribution in [0.1, 0.15) is 25.7 Å². The Morgan fingerprint density at radius 3 is 2.76 bits per heavy atom. The van der Waals surface area contributed by atoms with Crippen LogP contribution in [0.25, 0.3) is 10.9 Å². The quantitative estimate of drug-likeness (QED) is 0.907. The molecule has 0 radical (unpaired) electrons. The molecule has 132 valence electrons. The van der Waals surface area contributed by atoms with Crippen molar-refractivity contribution < 1.29 is 13.9 Å². The normalized spacial score (nSPS) is 19.7. The molecule has 1 aromatic carbocycles. The van der Waals surface area contributed by atoms with Gasteiger partial charge in [-0.2, -0.15) is 0 Å². The Morgan fingerprint density at radius 1 is 1.28 bits per heavy atom. The van der Waals surface area contributed by atoms with Crippen LogP contribution < -0.4 is 10.2 Å². The Hall–Kier alpha value is -2.37. The Bertz CT molecular complexity index is 794. The molecule has 4 rings (SSSR count). The average Bonchev–Trinajstić information content (AvgIpc) is 2.60. The summed E-state index contributed by atoms with van der Waals surface area (Å²) in [7, 11) is 1.58. The molecule has 2 heterocycles. The molecule has 1 aliphatic carbocycles. The minimum Gasteiger partial charge on any atom is -0.446 e. The first-order valence-electron chi connectivity index (χ1n) is 8.77. The molecule has 0 unspecified atom stereocenters. The number of carbonyl (C=O) groups excluding carboxylic acids is 1. The maximum absolute atomic E-state index is 13.3. The highest BCUT2D eigenvalue weighted by atomic mass is 19.1. The summed E-state index contributed by atoms with van der Waals surface area (Å²) >= 11 is 0. The van der Waals surface area contributed by atoms with Gasteiger partial charge < -0.3 is 15.0 Å². The van der Waals surface area contributed by atoms with Crippen molar-refractivity contribution >= 4 is 22.8 Å². The third-order valence-electron chi connectivity index (χ3n) is 5.58. The smallest absolute Gasteiger partial charge is 0.407 e. The summed E-state index contributed by atoms with van der Waals surface area (Å²) in [5.74, 6) is 0.715. The minimum absolute atomic E-state index is 0.0557. The van der Waals surface area contributed by atoms with Crippen molar-refractivity contribution in [2.45, 2.75) is 31.8 Å². The van der Waals surface area contributed by atoms with Crippen molar-refractivity contribution in [2.75, 3.05) is 25.0 Å². The maximum Gasteiger partial charge on any atom is 0.407 e. The largest absolute Gasteiger partial charge is 0.446 e. The van der Waals surface area contributed by atoms with Crippen LogP contribution in [-0.2, 0) is 4.74 Å². The summed E-state index contributed by atoms with van der Waals surface area (Å²) in [5, 5.41) is 3.33. The molecule has 1 amide bonds. The van der Waals surface area contributed by atoms with Crippen LogP contribution in [0.2, 0.25) is 0 Å². The van der Waals surface area contributed by atoms with E-state index in [9.17, 15) is 9.18 Å². The van der Waals surface area contributed by atoms with Gasteiger partial charge in [-0.3, -0.25) is 0 Å². The SMILES string of the molecule is CNC(=O)OC1CC2(CCN(c3ccc4cc(F)ccc4n3)CC2)C1. The number of halogens is 1. The van der Waals surface area contributed by atoms with Crippen LogP contribution in [0.5, 0.6) is 0 Å². The van der Waals surface area contributed by atoms with Crippen molar-refractivity contribution in [3.8, 4) is 0 Å². The average molecular weight is 343 g/mol. The highest BCUT2D eigenvalue weighted by Gasteiger charge is 2.47. The summed E-state index contributed by atoms with van der Waals surface area (Å²) in [4.78, 5) is 18.2. The van der Waals surface area contributed by atoms with Gasteiger partial charge in [0.2, 0.25) is 0 Å². The number of hydrogen-bond donors (Lipinski definition) is 1. The first-order valence-corrected chi connectivity index (χ1v) is 8.77. The number of pyridine rings is 1. The number of aromatic nitrogens is 1. The van der Waals surface area contributed by atoms with Gasteiger partial charge in [0, 0.05) is 25.5 Å². The van der Waals surface area contributed by atoms with Crippen LogP contribution in [0, 0.1) is 11.2 Å². The number of fused-ring (bicyclic) bond motifs is 1. The van der Waals surface area contributed by atoms with Crippen molar-refractivity contribution in [1.82, 2.24) is 10.3 Å². The van der Waals surface area contributed by atoms with E-state index in [1.807, 2.05) is 12.1 Å². The van der Waals surface area contributed by atoms with Gasteiger partial charge in [0.05, 0.1) is 5.52 Å². The third-order valence-corrected chi connectivity index (χ3v) is 5.58. The lowest BCUT2D eigenvalue weighted by Crippen LogP contribution is -2.51. The monoisotopic (exact) mass is 343 g/mol. The number of benzene rings is 1. The first-order chi connectivity index (χ1) is 12.1. The van der Waals surface area contributed by atoms with Crippen molar-refractivity contribution in [3.63, 3.8) is 0 Å². The summed E-state index contributed by atoms with van der Waals surface area (Å²) in [6.45, 7) is 1.90. The number of carbonyl (C=O) groups is 1. The number of amides is 1. The summed E-state index contributed by atoms with van der Waals surface area (Å²) in [5.41, 5.74) is 1.14. The Kier molecular flexibility index (Phi) is 3.98. The molecular weight excluding hydrogens is 321 g/mol. The third kappa shape index (κ3) is 3.13. The zero-order chi connectivity index (χ0) is 17.4. The lowest BCUT2D eigenvalue weighted by Gasteiger charge is -2.51. The first kappa shape index (κ1) is 16.1. The van der Waals surface area contributed by atoms with Crippen LogP contribution in [0.3, 0.4) is 0 Å². The van der Waals surface area contributed by atoms with E-state index in [0.717, 1.165) is 55.5 Å². The number of ether oxygens (including phenoxy) is 1. The predicted molar refractivity (Wildman–Crippen MR) is 94.1 cm³/mol. The zero-order valence-electron chi connectivity index (χ0n) is 14.3. The fourth-order valence-corrected chi connectivity index (χ4v) is 4.08. The number of rotatable bonds is 2. The van der Waals surface area contributed by atoms with Crippen molar-refractivity contribution in [3.05, 3.63) is 36.1 Å². The van der Waals surface area contributed by atoms with Crippen LogP contribution in [-0.4, -0.2) is 37.3 Å². The Morgan fingerprint density at radius 2 is 2.04 bits per heavy atom. The fourth-order valence-electron chi connectivity index (χ4n) is 4.08. The standard InChI is InChI=1S/C19H22FN3O2/c1-21-18(24)25-15-11-19(12-15)6-8-23(9-7-19)17-5-2-13-10-14(20)3-4-16(13)22-17/h2-5,10,15H,6-9,11-12H2,1H3,(H,21,24). The lowest BCUT2D eigenvalue weighted by atomic mass is 9.61. The lowest BCUT2D eigenvalue weighted by molar-refractivity contribution is -0.0542. The second kappa shape index (κ2) is 6.17. The van der Waals surface area contributed by atoms with E-state index in [1.54, 1.807) is 13.1 Å². The van der Waals surface area contributed by atoms with Gasteiger partial charge in [-0.1, -0.05) is 0 Å². The Balaban J connectivity index is 1.38. The highest BCUT2D eigenvalue weighted by Crippen LogP contribution is 2.50. The molecule has 0 atom stereocenters. The summed E-state index contributed by atoms with van der Waals surface area (Å²) < 4.78 is 18.6. The molecule has 2 aliphatic rings. The molecule has 25 heavy (non-hydrogen) atoms. The van der Waals surface area contributed by atoms with E-state index in [1.165, 1.54) is 12.1 Å². The summed E-state index contributed by atoms with van der Waals surface area (Å²) in [6, 6.07) is 8.59. The molecule has 1 aliphatic heterocycles. The Labute approximate surface area is 146 Å². The number of anilines is 1. The number of alkyl carbamates (subject to hydrolysis) is 1. The predicted octanol–water partition coefficient (Wildman–Crippen LogP) is 3.48. The number of piperidine rings is 1. The molecule has 5 nitrogen and oxygen atoms in total. The van der Waals surface area contributed by atoms with E-state index in [-0.39, 0.29) is 18.0 Å². The molecule has 1 saturated heterocycles. The fraction of sp³-hybridized carbons (Fsp3) is 0.474. The zero-order valence-corrected chi connectivity index (χ0v) is 14.3. The van der Waals surface area contributed by atoms with E-state index in [0.29, 0.717) is 5.41 Å². The molecule has 1 saturated carbocycles. The molecule has 0 bridgehead atoms. The van der Waals surface area contributed by atoms with Crippen LogP contribution >= 0.6 is 0 Å². The number of nitrogens with zero attached hydrogens (tertiary/aromatic N) is 2. The van der Waals surface area contributed by atoms with Gasteiger partial charge >= 0.3 is 6.09 Å². The molecule has 2 aromatic rings. The highest BCUT2D eigenvalue weighted by molar-refractivity contribution is 5.80. The summed E-state index contributed by atoms with van der Waals surface area (Å²) in [6.07, 6.45) is 3.81. The van der Waals surface area contributed by atoms with E-state index < -0.39 is 0 Å². The molecule has 1 spiro atoms. The minimum atomic E-state index is -0.339. The number of hydrogen-bond acceptors (Lipinski definition) is 4. The second-order valence-corrected chi connectivity index (χ2v) is 7.18. The number of nitrogens with one attached hydrogen (secondary N) is 1. The van der Waals surface area contributed by atoms with Crippen LogP contribution in [0.15, 0.2) is 30.3 Å². The van der Waals surface area contributed by atoms with E-state index in [4.69, 9.17) is 4.74 Å². The van der Waals surface area contributed by atoms with Gasteiger partial charge in [0.1, 0.15) is 17.7 Å². The second-order valence-electron chi connectivity index (χ2n) is 7.18.